The fourth-order valence-electron chi connectivity index (χ4n) is 3.82. The number of hydrogen-bond acceptors (Lipinski definition) is 6. The molecule has 0 aromatic heterocycles. The van der Waals surface area contributed by atoms with Gasteiger partial charge in [-0.25, -0.2) is 9.59 Å². The molecule has 31 heavy (non-hydrogen) atoms. The van der Waals surface area contributed by atoms with Gasteiger partial charge in [-0.3, -0.25) is 9.69 Å². The van der Waals surface area contributed by atoms with Crippen LogP contribution in [-0.2, 0) is 16.0 Å². The van der Waals surface area contributed by atoms with E-state index in [2.05, 4.69) is 17.1 Å². The number of hydrogen-bond donors (Lipinski definition) is 1. The molecule has 7 nitrogen and oxygen atoms in total. The number of ether oxygens (including phenoxy) is 2. The second-order valence-electron chi connectivity index (χ2n) is 7.92. The predicted octanol–water partition coefficient (Wildman–Crippen LogP) is 3.74. The van der Waals surface area contributed by atoms with Crippen LogP contribution in [0.3, 0.4) is 0 Å². The van der Waals surface area contributed by atoms with Crippen molar-refractivity contribution in [3.63, 3.8) is 0 Å². The van der Waals surface area contributed by atoms with Gasteiger partial charge in [0.05, 0.1) is 25.3 Å². The molecule has 1 fully saturated rings. The standard InChI is InChI=1S/C24H28N2O5/c1-16-5-4-10-26(14-16)15-17-6-8-18(9-7-17)22(27)25-21-12-19(23(28)30-2)11-20(13-21)24(29)31-3/h6-9,11-13,16H,4-5,10,14-15H2,1-3H3,(H,25,27)/t16-/m0/s1. The lowest BCUT2D eigenvalue weighted by Gasteiger charge is -2.30. The third-order valence-electron chi connectivity index (χ3n) is 5.40. The molecule has 1 amide bonds. The van der Waals surface area contributed by atoms with Gasteiger partial charge in [-0.2, -0.15) is 0 Å². The van der Waals surface area contributed by atoms with Crippen molar-refractivity contribution in [1.29, 1.82) is 0 Å². The van der Waals surface area contributed by atoms with E-state index in [4.69, 9.17) is 9.47 Å². The van der Waals surface area contributed by atoms with Gasteiger partial charge in [0, 0.05) is 24.3 Å². The van der Waals surface area contributed by atoms with Gasteiger partial charge >= 0.3 is 11.9 Å². The monoisotopic (exact) mass is 424 g/mol. The summed E-state index contributed by atoms with van der Waals surface area (Å²) in [5.74, 6) is -0.847. The van der Waals surface area contributed by atoms with Crippen molar-refractivity contribution >= 4 is 23.5 Å². The highest BCUT2D eigenvalue weighted by Crippen LogP contribution is 2.20. The van der Waals surface area contributed by atoms with Crippen molar-refractivity contribution in [1.82, 2.24) is 4.90 Å². The first-order chi connectivity index (χ1) is 14.9. The number of benzene rings is 2. The van der Waals surface area contributed by atoms with Crippen LogP contribution >= 0.6 is 0 Å². The van der Waals surface area contributed by atoms with E-state index in [1.165, 1.54) is 45.3 Å². The van der Waals surface area contributed by atoms with E-state index in [0.29, 0.717) is 11.3 Å². The van der Waals surface area contributed by atoms with Crippen LogP contribution in [0.25, 0.3) is 0 Å². The summed E-state index contributed by atoms with van der Waals surface area (Å²) in [5.41, 5.74) is 2.24. The highest BCUT2D eigenvalue weighted by molar-refractivity contribution is 6.06. The molecular weight excluding hydrogens is 396 g/mol. The minimum Gasteiger partial charge on any atom is -0.465 e. The zero-order valence-corrected chi connectivity index (χ0v) is 18.1. The van der Waals surface area contributed by atoms with Crippen molar-refractivity contribution < 1.29 is 23.9 Å². The van der Waals surface area contributed by atoms with Crippen molar-refractivity contribution in [2.45, 2.75) is 26.3 Å². The quantitative estimate of drug-likeness (QED) is 0.711. The average Bonchev–Trinajstić information content (AvgIpc) is 2.78. The molecular formula is C24H28N2O5. The maximum atomic E-state index is 12.7. The van der Waals surface area contributed by atoms with E-state index in [9.17, 15) is 14.4 Å². The van der Waals surface area contributed by atoms with E-state index in [1.807, 2.05) is 12.1 Å². The van der Waals surface area contributed by atoms with Gasteiger partial charge in [0.25, 0.3) is 5.91 Å². The summed E-state index contributed by atoms with van der Waals surface area (Å²) in [5, 5.41) is 2.74. The third kappa shape index (κ3) is 5.92. The summed E-state index contributed by atoms with van der Waals surface area (Å²) >= 11 is 0. The summed E-state index contributed by atoms with van der Waals surface area (Å²) in [6, 6.07) is 11.8. The van der Waals surface area contributed by atoms with Crippen molar-refractivity contribution in [3.05, 3.63) is 64.7 Å². The fraction of sp³-hybridized carbons (Fsp3) is 0.375. The van der Waals surface area contributed by atoms with Crippen LogP contribution < -0.4 is 5.32 Å². The number of carbonyl (C=O) groups is 3. The van der Waals surface area contributed by atoms with Gasteiger partial charge in [0.2, 0.25) is 0 Å². The number of nitrogens with zero attached hydrogens (tertiary/aromatic N) is 1. The molecule has 3 rings (SSSR count). The molecule has 0 unspecified atom stereocenters. The lowest BCUT2D eigenvalue weighted by atomic mass is 9.99. The molecule has 0 saturated carbocycles. The number of amides is 1. The molecule has 1 aliphatic heterocycles. The van der Waals surface area contributed by atoms with Crippen molar-refractivity contribution in [3.8, 4) is 0 Å². The van der Waals surface area contributed by atoms with Gasteiger partial charge < -0.3 is 14.8 Å². The number of rotatable bonds is 6. The summed E-state index contributed by atoms with van der Waals surface area (Å²) in [6.07, 6.45) is 2.50. The third-order valence-corrected chi connectivity index (χ3v) is 5.40. The maximum absolute atomic E-state index is 12.7. The van der Waals surface area contributed by atoms with Crippen LogP contribution in [0.15, 0.2) is 42.5 Å². The molecule has 2 aromatic carbocycles. The minimum absolute atomic E-state index is 0.145. The van der Waals surface area contributed by atoms with Crippen LogP contribution in [0.4, 0.5) is 5.69 Å². The highest BCUT2D eigenvalue weighted by Gasteiger charge is 2.17. The second-order valence-corrected chi connectivity index (χ2v) is 7.92. The molecule has 0 aliphatic carbocycles. The first-order valence-corrected chi connectivity index (χ1v) is 10.3. The summed E-state index contributed by atoms with van der Waals surface area (Å²) in [4.78, 5) is 39.0. The lowest BCUT2D eigenvalue weighted by Crippen LogP contribution is -2.33. The van der Waals surface area contributed by atoms with Crippen LogP contribution in [0.5, 0.6) is 0 Å². The fourth-order valence-corrected chi connectivity index (χ4v) is 3.82. The first kappa shape index (κ1) is 22.5. The molecule has 0 radical (unpaired) electrons. The first-order valence-electron chi connectivity index (χ1n) is 10.3. The van der Waals surface area contributed by atoms with Crippen molar-refractivity contribution in [2.75, 3.05) is 32.6 Å². The van der Waals surface area contributed by atoms with Gasteiger partial charge in [-0.15, -0.1) is 0 Å². The van der Waals surface area contributed by atoms with Crippen LogP contribution in [0.2, 0.25) is 0 Å². The number of carbonyl (C=O) groups excluding carboxylic acids is 3. The Labute approximate surface area is 182 Å². The topological polar surface area (TPSA) is 84.9 Å². The normalized spacial score (nSPS) is 16.4. The molecule has 164 valence electrons. The lowest BCUT2D eigenvalue weighted by molar-refractivity contribution is 0.0599. The Hall–Kier alpha value is -3.19. The van der Waals surface area contributed by atoms with Crippen LogP contribution in [0, 0.1) is 5.92 Å². The van der Waals surface area contributed by atoms with Gasteiger partial charge in [-0.1, -0.05) is 19.1 Å². The maximum Gasteiger partial charge on any atom is 0.337 e. The number of likely N-dealkylation sites (tertiary alicyclic amines) is 1. The van der Waals surface area contributed by atoms with Crippen molar-refractivity contribution in [2.24, 2.45) is 5.92 Å². The molecule has 1 atom stereocenters. The van der Waals surface area contributed by atoms with E-state index in [0.717, 1.165) is 31.1 Å². The Morgan fingerprint density at radius 1 is 0.968 bits per heavy atom. The minimum atomic E-state index is -0.613. The van der Waals surface area contributed by atoms with E-state index in [1.54, 1.807) is 12.1 Å². The van der Waals surface area contributed by atoms with Gasteiger partial charge in [0.1, 0.15) is 0 Å². The van der Waals surface area contributed by atoms with Gasteiger partial charge in [0.15, 0.2) is 0 Å². The van der Waals surface area contributed by atoms with Crippen LogP contribution in [-0.4, -0.2) is 50.1 Å². The number of nitrogens with one attached hydrogen (secondary N) is 1. The molecule has 1 N–H and O–H groups in total. The second kappa shape index (κ2) is 10.2. The smallest absolute Gasteiger partial charge is 0.337 e. The Kier molecular flexibility index (Phi) is 7.41. The number of anilines is 1. The number of esters is 2. The molecule has 1 aliphatic rings. The zero-order chi connectivity index (χ0) is 22.4. The summed E-state index contributed by atoms with van der Waals surface area (Å²) in [7, 11) is 2.50. The Bertz CT molecular complexity index is 921. The molecule has 1 saturated heterocycles. The Morgan fingerprint density at radius 2 is 1.58 bits per heavy atom. The molecule has 2 aromatic rings. The van der Waals surface area contributed by atoms with Crippen LogP contribution in [0.1, 0.15) is 56.4 Å². The Morgan fingerprint density at radius 3 is 2.13 bits per heavy atom. The highest BCUT2D eigenvalue weighted by atomic mass is 16.5. The zero-order valence-electron chi connectivity index (χ0n) is 18.1. The van der Waals surface area contributed by atoms with Gasteiger partial charge in [-0.05, 0) is 61.2 Å². The Balaban J connectivity index is 1.71. The largest absolute Gasteiger partial charge is 0.465 e. The summed E-state index contributed by atoms with van der Waals surface area (Å²) < 4.78 is 9.45. The molecule has 0 spiro atoms. The summed E-state index contributed by atoms with van der Waals surface area (Å²) in [6.45, 7) is 5.35. The number of methoxy groups -OCH3 is 2. The molecule has 7 heteroatoms. The predicted molar refractivity (Wildman–Crippen MR) is 117 cm³/mol. The van der Waals surface area contributed by atoms with E-state index < -0.39 is 11.9 Å². The molecule has 1 heterocycles. The van der Waals surface area contributed by atoms with E-state index >= 15 is 0 Å². The molecule has 0 bridgehead atoms. The van der Waals surface area contributed by atoms with E-state index in [-0.39, 0.29) is 17.0 Å². The number of piperidine rings is 1. The average molecular weight is 424 g/mol. The SMILES string of the molecule is COC(=O)c1cc(NC(=O)c2ccc(CN3CCC[C@H](C)C3)cc2)cc(C(=O)OC)c1.